The number of benzene rings is 4. The molecule has 0 atom stereocenters. The van der Waals surface area contributed by atoms with Crippen molar-refractivity contribution in [1.82, 2.24) is 9.97 Å². The van der Waals surface area contributed by atoms with Gasteiger partial charge in [-0.3, -0.25) is 4.79 Å². The van der Waals surface area contributed by atoms with Gasteiger partial charge in [-0.25, -0.2) is 4.98 Å². The smallest absolute Gasteiger partial charge is 0.296 e. The third-order valence-electron chi connectivity index (χ3n) is 5.83. The first-order valence-electron chi connectivity index (χ1n) is 10.9. The first-order valence-corrected chi connectivity index (χ1v) is 13.9. The monoisotopic (exact) mass is 533 g/mol. The van der Waals surface area contributed by atoms with Crippen LogP contribution in [-0.4, -0.2) is 9.97 Å². The van der Waals surface area contributed by atoms with E-state index in [1.54, 1.807) is 18.2 Å². The number of aromatic nitrogens is 2. The molecule has 7 heteroatoms. The van der Waals surface area contributed by atoms with Crippen LogP contribution in [0, 0.1) is 0 Å². The standard InChI is InChI=1S/C28H19Cl2N2OPS/c29-19-16-17-23(24(30)18-19)26-31-27(33)25(28(35)32-26)34(20-10-4-1-5-11-20,21-12-6-2-7-13-21)22-14-8-3-9-15-22/h1-18H,(H-,31,32,33,35)/p+1. The SMILES string of the molecule is O=c1[nH]c(-c2ccc(Cl)cc2Cl)nc(S)c1[P+](c1ccccc1)(c1ccccc1)c1ccccc1. The summed E-state index contributed by atoms with van der Waals surface area (Å²) in [5, 5.41) is 4.92. The third-order valence-corrected chi connectivity index (χ3v) is 11.2. The number of nitrogens with one attached hydrogen (secondary N) is 1. The van der Waals surface area contributed by atoms with E-state index < -0.39 is 7.26 Å². The van der Waals surface area contributed by atoms with E-state index in [1.165, 1.54) is 0 Å². The van der Waals surface area contributed by atoms with Gasteiger partial charge in [0.25, 0.3) is 5.56 Å². The summed E-state index contributed by atoms with van der Waals surface area (Å²) >= 11 is 17.3. The van der Waals surface area contributed by atoms with Gasteiger partial charge in [0, 0.05) is 10.6 Å². The summed E-state index contributed by atoms with van der Waals surface area (Å²) in [6.45, 7) is 0. The zero-order valence-electron chi connectivity index (χ0n) is 18.4. The lowest BCUT2D eigenvalue weighted by Gasteiger charge is -2.27. The molecule has 5 rings (SSSR count). The molecule has 0 fully saturated rings. The molecule has 0 amide bonds. The Morgan fingerprint density at radius 3 is 1.63 bits per heavy atom. The number of H-pyrrole nitrogens is 1. The van der Waals surface area contributed by atoms with Crippen molar-refractivity contribution in [2.24, 2.45) is 0 Å². The molecule has 1 N–H and O–H groups in total. The topological polar surface area (TPSA) is 45.8 Å². The highest BCUT2D eigenvalue weighted by atomic mass is 35.5. The zero-order valence-corrected chi connectivity index (χ0v) is 21.7. The molecule has 0 aliphatic heterocycles. The Hall–Kier alpha value is -2.88. The van der Waals surface area contributed by atoms with Crippen LogP contribution in [-0.2, 0) is 0 Å². The number of nitrogens with zero attached hydrogens (tertiary/aromatic N) is 1. The number of hydrogen-bond acceptors (Lipinski definition) is 3. The average Bonchev–Trinajstić information content (AvgIpc) is 2.88. The van der Waals surface area contributed by atoms with Gasteiger partial charge in [0.15, 0.2) is 7.26 Å². The predicted molar refractivity (Wildman–Crippen MR) is 152 cm³/mol. The van der Waals surface area contributed by atoms with E-state index in [4.69, 9.17) is 40.8 Å². The maximum Gasteiger partial charge on any atom is 0.296 e. The maximum atomic E-state index is 14.0. The number of halogens is 2. The highest BCUT2D eigenvalue weighted by Crippen LogP contribution is 2.54. The minimum Gasteiger partial charge on any atom is -0.303 e. The van der Waals surface area contributed by atoms with Crippen LogP contribution in [0.4, 0.5) is 0 Å². The van der Waals surface area contributed by atoms with Crippen molar-refractivity contribution in [2.45, 2.75) is 5.03 Å². The van der Waals surface area contributed by atoms with E-state index in [9.17, 15) is 4.79 Å². The largest absolute Gasteiger partial charge is 0.303 e. The normalized spacial score (nSPS) is 11.4. The first-order chi connectivity index (χ1) is 17.0. The molecule has 0 bridgehead atoms. The van der Waals surface area contributed by atoms with Crippen LogP contribution in [0.3, 0.4) is 0 Å². The number of thiol groups is 1. The molecule has 1 aromatic heterocycles. The molecule has 3 nitrogen and oxygen atoms in total. The summed E-state index contributed by atoms with van der Waals surface area (Å²) in [7, 11) is -2.65. The highest BCUT2D eigenvalue weighted by Gasteiger charge is 2.51. The van der Waals surface area contributed by atoms with E-state index in [2.05, 4.69) is 41.4 Å². The van der Waals surface area contributed by atoms with Crippen molar-refractivity contribution in [3.05, 3.63) is 130 Å². The number of rotatable bonds is 5. The van der Waals surface area contributed by atoms with E-state index >= 15 is 0 Å². The van der Waals surface area contributed by atoms with Crippen molar-refractivity contribution in [2.75, 3.05) is 0 Å². The van der Waals surface area contributed by atoms with Gasteiger partial charge in [0.2, 0.25) is 5.30 Å². The lowest BCUT2D eigenvalue weighted by atomic mass is 10.2. The maximum absolute atomic E-state index is 14.0. The second-order valence-corrected chi connectivity index (χ2v) is 12.5. The van der Waals surface area contributed by atoms with Gasteiger partial charge in [-0.15, -0.1) is 12.6 Å². The average molecular weight is 534 g/mol. The Balaban J connectivity index is 1.87. The molecule has 0 aliphatic rings. The summed E-state index contributed by atoms with van der Waals surface area (Å²) in [4.78, 5) is 21.7. The van der Waals surface area contributed by atoms with Gasteiger partial charge in [0.05, 0.1) is 5.02 Å². The van der Waals surface area contributed by atoms with Crippen molar-refractivity contribution < 1.29 is 0 Å². The predicted octanol–water partition coefficient (Wildman–Crippen LogP) is 5.65. The fourth-order valence-electron chi connectivity index (χ4n) is 4.36. The molecule has 5 aromatic rings. The van der Waals surface area contributed by atoms with E-state index in [0.29, 0.717) is 31.8 Å². The summed E-state index contributed by atoms with van der Waals surface area (Å²) < 4.78 is 0. The fourth-order valence-corrected chi connectivity index (χ4v) is 9.74. The molecule has 1 heterocycles. The molecule has 0 saturated heterocycles. The van der Waals surface area contributed by atoms with E-state index in [1.807, 2.05) is 54.6 Å². The van der Waals surface area contributed by atoms with Crippen LogP contribution >= 0.6 is 43.1 Å². The molecule has 0 spiro atoms. The Kier molecular flexibility index (Phi) is 6.82. The number of aromatic amines is 1. The van der Waals surface area contributed by atoms with Gasteiger partial charge < -0.3 is 4.98 Å². The lowest BCUT2D eigenvalue weighted by Crippen LogP contribution is -2.46. The molecule has 35 heavy (non-hydrogen) atoms. The second kappa shape index (κ2) is 10.0. The number of hydrogen-bond donors (Lipinski definition) is 2. The van der Waals surface area contributed by atoms with Crippen molar-refractivity contribution in [1.29, 1.82) is 0 Å². The van der Waals surface area contributed by atoms with E-state index in [-0.39, 0.29) is 5.56 Å². The molecular weight excluding hydrogens is 514 g/mol. The van der Waals surface area contributed by atoms with Gasteiger partial charge >= 0.3 is 0 Å². The van der Waals surface area contributed by atoms with Crippen LogP contribution in [0.25, 0.3) is 11.4 Å². The molecular formula is C28H20Cl2N2OPS+. The van der Waals surface area contributed by atoms with Crippen LogP contribution in [0.1, 0.15) is 0 Å². The molecule has 0 radical (unpaired) electrons. The Morgan fingerprint density at radius 2 is 1.20 bits per heavy atom. The summed E-state index contributed by atoms with van der Waals surface area (Å²) in [6, 6.07) is 35.4. The molecule has 0 aliphatic carbocycles. The fraction of sp³-hybridized carbons (Fsp3) is 0. The molecule has 0 saturated carbocycles. The molecule has 172 valence electrons. The van der Waals surface area contributed by atoms with Gasteiger partial charge in [-0.2, -0.15) is 0 Å². The van der Waals surface area contributed by atoms with Crippen LogP contribution in [0.5, 0.6) is 0 Å². The third kappa shape index (κ3) is 4.32. The zero-order chi connectivity index (χ0) is 24.4. The Labute approximate surface area is 219 Å². The highest BCUT2D eigenvalue weighted by molar-refractivity contribution is 8.02. The molecule has 0 unspecified atom stereocenters. The second-order valence-electron chi connectivity index (χ2n) is 7.89. The van der Waals surface area contributed by atoms with Crippen molar-refractivity contribution >= 4 is 64.3 Å². The summed E-state index contributed by atoms with van der Waals surface area (Å²) in [5.74, 6) is 0.345. The summed E-state index contributed by atoms with van der Waals surface area (Å²) in [6.07, 6.45) is 0. The summed E-state index contributed by atoms with van der Waals surface area (Å²) in [5.41, 5.74) is 0.328. The van der Waals surface area contributed by atoms with Crippen molar-refractivity contribution in [3.63, 3.8) is 0 Å². The minimum atomic E-state index is -2.65. The quantitative estimate of drug-likeness (QED) is 0.174. The van der Waals surface area contributed by atoms with Crippen LogP contribution in [0.2, 0.25) is 10.0 Å². The van der Waals surface area contributed by atoms with Crippen molar-refractivity contribution in [3.8, 4) is 11.4 Å². The van der Waals surface area contributed by atoms with Crippen LogP contribution in [0.15, 0.2) is 119 Å². The van der Waals surface area contributed by atoms with Crippen LogP contribution < -0.4 is 26.8 Å². The Morgan fingerprint density at radius 1 is 0.714 bits per heavy atom. The van der Waals surface area contributed by atoms with Gasteiger partial charge in [-0.05, 0) is 54.6 Å². The first kappa shape index (κ1) is 23.8. The Bertz CT molecular complexity index is 1450. The van der Waals surface area contributed by atoms with Gasteiger partial charge in [0.1, 0.15) is 26.8 Å². The van der Waals surface area contributed by atoms with Gasteiger partial charge in [-0.1, -0.05) is 77.8 Å². The minimum absolute atomic E-state index is 0.254. The lowest BCUT2D eigenvalue weighted by molar-refractivity contribution is 1.06. The van der Waals surface area contributed by atoms with E-state index in [0.717, 1.165) is 15.9 Å². The molecule has 4 aromatic carbocycles.